The van der Waals surface area contributed by atoms with Crippen molar-refractivity contribution in [2.24, 2.45) is 4.99 Å². The third kappa shape index (κ3) is 4.47. The Labute approximate surface area is 152 Å². The van der Waals surface area contributed by atoms with E-state index < -0.39 is 0 Å². The van der Waals surface area contributed by atoms with Gasteiger partial charge in [-0.05, 0) is 24.6 Å². The molecule has 0 aliphatic heterocycles. The van der Waals surface area contributed by atoms with E-state index in [2.05, 4.69) is 20.6 Å². The highest BCUT2D eigenvalue weighted by Crippen LogP contribution is 2.15. The second-order valence-corrected chi connectivity index (χ2v) is 5.74. The van der Waals surface area contributed by atoms with Gasteiger partial charge >= 0.3 is 0 Å². The lowest BCUT2D eigenvalue weighted by atomic mass is 10.2. The van der Waals surface area contributed by atoms with Crippen molar-refractivity contribution < 1.29 is 4.39 Å². The lowest BCUT2D eigenvalue weighted by molar-refractivity contribution is 0.604. The number of rotatable bonds is 6. The second-order valence-electron chi connectivity index (χ2n) is 5.74. The summed E-state index contributed by atoms with van der Waals surface area (Å²) in [6.07, 6.45) is 5.43. The molecule has 3 aromatic rings. The predicted octanol–water partition coefficient (Wildman–Crippen LogP) is 3.27. The minimum absolute atomic E-state index is 0.221. The van der Waals surface area contributed by atoms with Crippen LogP contribution in [0.2, 0.25) is 0 Å². The highest BCUT2D eigenvalue weighted by molar-refractivity contribution is 5.79. The van der Waals surface area contributed by atoms with Crippen LogP contribution in [0.25, 0.3) is 5.69 Å². The zero-order valence-corrected chi connectivity index (χ0v) is 14.7. The van der Waals surface area contributed by atoms with Gasteiger partial charge in [0, 0.05) is 31.0 Å². The Hall–Kier alpha value is -3.15. The maximum Gasteiger partial charge on any atom is 0.191 e. The quantitative estimate of drug-likeness (QED) is 0.529. The lowest BCUT2D eigenvalue weighted by Gasteiger charge is -2.13. The van der Waals surface area contributed by atoms with Crippen LogP contribution in [0.3, 0.4) is 0 Å². The first-order chi connectivity index (χ1) is 12.8. The van der Waals surface area contributed by atoms with E-state index in [9.17, 15) is 4.39 Å². The molecule has 0 fully saturated rings. The van der Waals surface area contributed by atoms with Crippen molar-refractivity contribution in [3.63, 3.8) is 0 Å². The number of imidazole rings is 1. The number of aliphatic imine (C=N–C) groups is 1. The molecule has 5 nitrogen and oxygen atoms in total. The van der Waals surface area contributed by atoms with Crippen molar-refractivity contribution in [1.29, 1.82) is 0 Å². The number of para-hydroxylation sites is 1. The zero-order valence-electron chi connectivity index (χ0n) is 14.7. The molecule has 0 saturated carbocycles. The third-order valence-corrected chi connectivity index (χ3v) is 3.93. The van der Waals surface area contributed by atoms with E-state index >= 15 is 0 Å². The van der Waals surface area contributed by atoms with Crippen LogP contribution in [0.5, 0.6) is 0 Å². The van der Waals surface area contributed by atoms with E-state index in [1.807, 2.05) is 48.0 Å². The number of halogens is 1. The number of nitrogens with one attached hydrogen (secondary N) is 2. The van der Waals surface area contributed by atoms with Crippen molar-refractivity contribution in [2.45, 2.75) is 20.0 Å². The average Bonchev–Trinajstić information content (AvgIpc) is 3.20. The number of aromatic nitrogens is 2. The highest BCUT2D eigenvalue weighted by atomic mass is 19.1. The molecule has 3 rings (SSSR count). The van der Waals surface area contributed by atoms with Crippen LogP contribution in [0.15, 0.2) is 72.2 Å². The van der Waals surface area contributed by atoms with E-state index in [0.29, 0.717) is 24.6 Å². The van der Waals surface area contributed by atoms with E-state index in [0.717, 1.165) is 17.8 Å². The van der Waals surface area contributed by atoms with Crippen LogP contribution >= 0.6 is 0 Å². The van der Waals surface area contributed by atoms with Crippen LogP contribution < -0.4 is 10.6 Å². The van der Waals surface area contributed by atoms with Gasteiger partial charge in [0.1, 0.15) is 5.82 Å². The molecule has 0 atom stereocenters. The molecular formula is C20H22FN5. The van der Waals surface area contributed by atoms with Gasteiger partial charge in [-0.3, -0.25) is 0 Å². The van der Waals surface area contributed by atoms with Gasteiger partial charge in [0.25, 0.3) is 0 Å². The van der Waals surface area contributed by atoms with Crippen LogP contribution in [0.4, 0.5) is 4.39 Å². The predicted molar refractivity (Wildman–Crippen MR) is 102 cm³/mol. The van der Waals surface area contributed by atoms with Crippen LogP contribution in [0.1, 0.15) is 18.1 Å². The van der Waals surface area contributed by atoms with E-state index in [1.54, 1.807) is 24.7 Å². The van der Waals surface area contributed by atoms with Gasteiger partial charge in [0.2, 0.25) is 0 Å². The number of nitrogens with zero attached hydrogens (tertiary/aromatic N) is 3. The standard InChI is InChI=1S/C20H22FN5/c1-2-23-20(24-13-16-7-3-5-9-18(16)21)25-14-17-8-4-6-10-19(17)26-12-11-22-15-26/h3-12,15H,2,13-14H2,1H3,(H2,23,24,25). The zero-order chi connectivity index (χ0) is 18.2. The Balaban J connectivity index is 1.73. The van der Waals surface area contributed by atoms with Gasteiger partial charge in [0.15, 0.2) is 5.96 Å². The molecule has 0 aliphatic rings. The number of benzene rings is 2. The summed E-state index contributed by atoms with van der Waals surface area (Å²) >= 11 is 0. The van der Waals surface area contributed by atoms with E-state index in [1.165, 1.54) is 6.07 Å². The topological polar surface area (TPSA) is 54.2 Å². The summed E-state index contributed by atoms with van der Waals surface area (Å²) in [6.45, 7) is 3.61. The molecule has 134 valence electrons. The maximum absolute atomic E-state index is 13.8. The van der Waals surface area contributed by atoms with Gasteiger partial charge in [0.05, 0.1) is 18.6 Å². The third-order valence-electron chi connectivity index (χ3n) is 3.93. The second kappa shape index (κ2) is 8.80. The van der Waals surface area contributed by atoms with Gasteiger partial charge < -0.3 is 15.2 Å². The Morgan fingerprint density at radius 3 is 2.58 bits per heavy atom. The Morgan fingerprint density at radius 2 is 1.85 bits per heavy atom. The number of hydrogen-bond donors (Lipinski definition) is 2. The molecule has 0 aliphatic carbocycles. The fourth-order valence-electron chi connectivity index (χ4n) is 2.62. The first-order valence-corrected chi connectivity index (χ1v) is 8.59. The highest BCUT2D eigenvalue weighted by Gasteiger charge is 2.05. The molecule has 2 N–H and O–H groups in total. The molecular weight excluding hydrogens is 329 g/mol. The Kier molecular flexibility index (Phi) is 5.98. The van der Waals surface area contributed by atoms with Gasteiger partial charge in [-0.25, -0.2) is 14.4 Å². The largest absolute Gasteiger partial charge is 0.357 e. The molecule has 26 heavy (non-hydrogen) atoms. The van der Waals surface area contributed by atoms with Crippen LogP contribution in [-0.2, 0) is 13.1 Å². The Morgan fingerprint density at radius 1 is 1.08 bits per heavy atom. The molecule has 0 unspecified atom stereocenters. The molecule has 6 heteroatoms. The minimum Gasteiger partial charge on any atom is -0.357 e. The first-order valence-electron chi connectivity index (χ1n) is 8.59. The average molecular weight is 351 g/mol. The lowest BCUT2D eigenvalue weighted by Crippen LogP contribution is -2.37. The molecule has 0 spiro atoms. The molecule has 2 aromatic carbocycles. The molecule has 0 saturated heterocycles. The summed E-state index contributed by atoms with van der Waals surface area (Å²) in [6, 6.07) is 14.8. The normalized spacial score (nSPS) is 11.4. The van der Waals surface area contributed by atoms with Gasteiger partial charge in [-0.15, -0.1) is 0 Å². The first kappa shape index (κ1) is 17.7. The Bertz CT molecular complexity index is 858. The summed E-state index contributed by atoms with van der Waals surface area (Å²) in [5, 5.41) is 6.38. The van der Waals surface area contributed by atoms with Gasteiger partial charge in [-0.2, -0.15) is 0 Å². The van der Waals surface area contributed by atoms with Crippen LogP contribution in [0, 0.1) is 5.82 Å². The molecule has 1 aromatic heterocycles. The molecule has 0 bridgehead atoms. The van der Waals surface area contributed by atoms with Crippen LogP contribution in [-0.4, -0.2) is 22.1 Å². The summed E-state index contributed by atoms with van der Waals surface area (Å²) in [7, 11) is 0. The van der Waals surface area contributed by atoms with Gasteiger partial charge in [-0.1, -0.05) is 36.4 Å². The summed E-state index contributed by atoms with van der Waals surface area (Å²) < 4.78 is 15.7. The minimum atomic E-state index is -0.221. The molecule has 0 radical (unpaired) electrons. The SMILES string of the molecule is CCNC(=NCc1ccccc1-n1ccnc1)NCc1ccccc1F. The van der Waals surface area contributed by atoms with Crippen molar-refractivity contribution in [3.8, 4) is 5.69 Å². The number of hydrogen-bond acceptors (Lipinski definition) is 2. The van der Waals surface area contributed by atoms with Crippen molar-refractivity contribution in [1.82, 2.24) is 20.2 Å². The summed E-state index contributed by atoms with van der Waals surface area (Å²) in [5.41, 5.74) is 2.73. The van der Waals surface area contributed by atoms with Crippen molar-refractivity contribution >= 4 is 5.96 Å². The summed E-state index contributed by atoms with van der Waals surface area (Å²) in [5.74, 6) is 0.428. The monoisotopic (exact) mass is 351 g/mol. The van der Waals surface area contributed by atoms with E-state index in [4.69, 9.17) is 0 Å². The molecule has 0 amide bonds. The number of guanidine groups is 1. The molecule has 1 heterocycles. The fourth-order valence-corrected chi connectivity index (χ4v) is 2.62. The smallest absolute Gasteiger partial charge is 0.191 e. The summed E-state index contributed by atoms with van der Waals surface area (Å²) in [4.78, 5) is 8.74. The van der Waals surface area contributed by atoms with Crippen molar-refractivity contribution in [2.75, 3.05) is 6.54 Å². The van der Waals surface area contributed by atoms with E-state index in [-0.39, 0.29) is 5.82 Å². The maximum atomic E-state index is 13.8. The van der Waals surface area contributed by atoms with Crippen molar-refractivity contribution in [3.05, 3.63) is 84.2 Å². The fraction of sp³-hybridized carbons (Fsp3) is 0.200.